The van der Waals surface area contributed by atoms with Crippen molar-refractivity contribution in [3.8, 4) is 0 Å². The number of anilines is 1. The Hall–Kier alpha value is -2.91. The van der Waals surface area contributed by atoms with Crippen molar-refractivity contribution in [2.24, 2.45) is 14.1 Å². The van der Waals surface area contributed by atoms with Gasteiger partial charge in [0.05, 0.1) is 6.33 Å². The first-order valence-corrected chi connectivity index (χ1v) is 8.63. The molecule has 10 heteroatoms. The highest BCUT2D eigenvalue weighted by molar-refractivity contribution is 5.92. The smallest absolute Gasteiger partial charge is 0.324 e. The molecule has 9 nitrogen and oxygen atoms in total. The first kappa shape index (κ1) is 21.4. The molecule has 0 radical (unpaired) electrons. The van der Waals surface area contributed by atoms with E-state index in [9.17, 15) is 14.4 Å². The largest absolute Gasteiger partial charge is 0.332 e. The average Bonchev–Trinajstić information content (AvgIpc) is 3.07. The number of fused-ring (bicyclic) bond motifs is 1. The number of carbonyl (C=O) groups is 1. The number of imidazole rings is 1. The number of nitrogens with one attached hydrogen (secondary N) is 2. The van der Waals surface area contributed by atoms with Crippen LogP contribution in [0.15, 0.2) is 40.2 Å². The minimum Gasteiger partial charge on any atom is -0.324 e. The highest BCUT2D eigenvalue weighted by Gasteiger charge is 2.16. The Balaban J connectivity index is 0.00000280. The zero-order chi connectivity index (χ0) is 19.6. The molecule has 0 fully saturated rings. The number of para-hydroxylation sites is 1. The number of benzene rings is 1. The summed E-state index contributed by atoms with van der Waals surface area (Å²) in [5, 5.41) is 6.11. The van der Waals surface area contributed by atoms with Crippen LogP contribution in [0.25, 0.3) is 11.2 Å². The zero-order valence-corrected chi connectivity index (χ0v) is 16.7. The molecule has 2 aromatic heterocycles. The topological polar surface area (TPSA) is 103 Å². The van der Waals surface area contributed by atoms with Gasteiger partial charge in [-0.3, -0.25) is 18.7 Å². The van der Waals surface area contributed by atoms with E-state index in [0.717, 1.165) is 16.7 Å². The van der Waals surface area contributed by atoms with Crippen molar-refractivity contribution in [1.82, 2.24) is 24.0 Å². The van der Waals surface area contributed by atoms with E-state index in [0.29, 0.717) is 12.2 Å². The van der Waals surface area contributed by atoms with Crippen molar-refractivity contribution >= 4 is 35.2 Å². The molecule has 0 aliphatic carbocycles. The van der Waals surface area contributed by atoms with Crippen molar-refractivity contribution in [2.45, 2.75) is 20.0 Å². The van der Waals surface area contributed by atoms with Crippen LogP contribution in [0.2, 0.25) is 0 Å². The van der Waals surface area contributed by atoms with Gasteiger partial charge >= 0.3 is 5.69 Å². The molecule has 0 unspecified atom stereocenters. The third kappa shape index (κ3) is 4.00. The number of hydrogen-bond donors (Lipinski definition) is 2. The average molecular weight is 407 g/mol. The predicted molar refractivity (Wildman–Crippen MR) is 110 cm³/mol. The monoisotopic (exact) mass is 406 g/mol. The maximum absolute atomic E-state index is 12.5. The number of rotatable bonds is 6. The summed E-state index contributed by atoms with van der Waals surface area (Å²) in [6.45, 7) is 3.40. The maximum atomic E-state index is 12.5. The lowest BCUT2D eigenvalue weighted by molar-refractivity contribution is -0.116. The van der Waals surface area contributed by atoms with Gasteiger partial charge in [0, 0.05) is 26.3 Å². The summed E-state index contributed by atoms with van der Waals surface area (Å²) >= 11 is 0. The number of aryl methyl sites for hydroxylation is 1. The normalized spacial score (nSPS) is 10.7. The van der Waals surface area contributed by atoms with E-state index in [1.165, 1.54) is 22.5 Å². The number of aromatic nitrogens is 4. The summed E-state index contributed by atoms with van der Waals surface area (Å²) in [6.07, 6.45) is 1.40. The van der Waals surface area contributed by atoms with Crippen LogP contribution in [0.1, 0.15) is 12.5 Å². The molecule has 0 bridgehead atoms. The molecule has 2 heterocycles. The van der Waals surface area contributed by atoms with Gasteiger partial charge in [0.25, 0.3) is 5.56 Å². The van der Waals surface area contributed by atoms with Crippen LogP contribution in [-0.2, 0) is 32.0 Å². The number of carbonyl (C=O) groups excluding carboxylic acids is 1. The van der Waals surface area contributed by atoms with Crippen LogP contribution in [-0.4, -0.2) is 31.1 Å². The van der Waals surface area contributed by atoms with E-state index in [1.54, 1.807) is 7.05 Å². The maximum Gasteiger partial charge on any atom is 0.332 e. The van der Waals surface area contributed by atoms with Gasteiger partial charge in [-0.25, -0.2) is 9.78 Å². The number of nitrogens with zero attached hydrogens (tertiary/aromatic N) is 4. The lowest BCUT2D eigenvalue weighted by Crippen LogP contribution is -2.37. The Morgan fingerprint density at radius 1 is 1.14 bits per heavy atom. The number of amides is 1. The van der Waals surface area contributed by atoms with Crippen molar-refractivity contribution in [1.29, 1.82) is 0 Å². The van der Waals surface area contributed by atoms with Gasteiger partial charge < -0.3 is 15.2 Å². The third-order valence-corrected chi connectivity index (χ3v) is 4.39. The van der Waals surface area contributed by atoms with Crippen molar-refractivity contribution in [3.63, 3.8) is 0 Å². The highest BCUT2D eigenvalue weighted by Crippen LogP contribution is 2.15. The lowest BCUT2D eigenvalue weighted by Gasteiger charge is -2.12. The van der Waals surface area contributed by atoms with Crippen molar-refractivity contribution in [2.75, 3.05) is 11.9 Å². The Kier molecular flexibility index (Phi) is 6.76. The molecule has 2 N–H and O–H groups in total. The molecule has 3 aromatic rings. The van der Waals surface area contributed by atoms with Crippen molar-refractivity contribution < 1.29 is 4.79 Å². The molecule has 0 saturated carbocycles. The van der Waals surface area contributed by atoms with Gasteiger partial charge in [-0.15, -0.1) is 12.4 Å². The fourth-order valence-electron chi connectivity index (χ4n) is 2.92. The standard InChI is InChI=1S/C18H22N6O3.ClH/c1-4-19-9-12-7-5-6-8-13(12)21-14(25)10-24-11-20-16-15(24)17(26)23(3)18(27)22(16)2;/h5-8,11,19H,4,9-10H2,1-3H3,(H,21,25);1H. The SMILES string of the molecule is CCNCc1ccccc1NC(=O)Cn1cnc2c1c(=O)n(C)c(=O)n2C.Cl. The van der Waals surface area contributed by atoms with Crippen LogP contribution in [0.5, 0.6) is 0 Å². The molecule has 0 aliphatic heterocycles. The van der Waals surface area contributed by atoms with Crippen LogP contribution >= 0.6 is 12.4 Å². The first-order chi connectivity index (χ1) is 12.9. The minimum atomic E-state index is -0.481. The molecule has 0 saturated heterocycles. The van der Waals surface area contributed by atoms with Gasteiger partial charge in [0.2, 0.25) is 5.91 Å². The second-order valence-corrected chi connectivity index (χ2v) is 6.24. The molecule has 28 heavy (non-hydrogen) atoms. The van der Waals surface area contributed by atoms with Gasteiger partial charge in [-0.05, 0) is 18.2 Å². The molecule has 0 spiro atoms. The zero-order valence-electron chi connectivity index (χ0n) is 15.9. The van der Waals surface area contributed by atoms with Crippen LogP contribution < -0.4 is 21.9 Å². The van der Waals surface area contributed by atoms with Gasteiger partial charge in [0.1, 0.15) is 6.54 Å². The van der Waals surface area contributed by atoms with Gasteiger partial charge in [0.15, 0.2) is 11.2 Å². The Labute approximate surface area is 167 Å². The molecule has 0 aliphatic rings. The van der Waals surface area contributed by atoms with Crippen LogP contribution in [0, 0.1) is 0 Å². The van der Waals surface area contributed by atoms with Gasteiger partial charge in [-0.1, -0.05) is 25.1 Å². The fraction of sp³-hybridized carbons (Fsp3) is 0.333. The summed E-state index contributed by atoms with van der Waals surface area (Å²) in [5.41, 5.74) is 1.22. The summed E-state index contributed by atoms with van der Waals surface area (Å²) < 4.78 is 3.75. The summed E-state index contributed by atoms with van der Waals surface area (Å²) in [7, 11) is 2.94. The second-order valence-electron chi connectivity index (χ2n) is 6.24. The molecule has 150 valence electrons. The van der Waals surface area contributed by atoms with E-state index in [4.69, 9.17) is 0 Å². The summed E-state index contributed by atoms with van der Waals surface area (Å²) in [6, 6.07) is 7.54. The number of halogens is 1. The van der Waals surface area contributed by atoms with Crippen LogP contribution in [0.3, 0.4) is 0 Å². The van der Waals surface area contributed by atoms with E-state index in [1.807, 2.05) is 31.2 Å². The quantitative estimate of drug-likeness (QED) is 0.624. The molecular weight excluding hydrogens is 384 g/mol. The fourth-order valence-corrected chi connectivity index (χ4v) is 2.92. The van der Waals surface area contributed by atoms with Crippen LogP contribution in [0.4, 0.5) is 5.69 Å². The molecule has 1 aromatic carbocycles. The van der Waals surface area contributed by atoms with E-state index >= 15 is 0 Å². The molecule has 0 atom stereocenters. The summed E-state index contributed by atoms with van der Waals surface area (Å²) in [4.78, 5) is 41.1. The van der Waals surface area contributed by atoms with Gasteiger partial charge in [-0.2, -0.15) is 0 Å². The molecule has 3 rings (SSSR count). The first-order valence-electron chi connectivity index (χ1n) is 8.63. The molecular formula is C18H23ClN6O3. The third-order valence-electron chi connectivity index (χ3n) is 4.39. The molecule has 1 amide bonds. The van der Waals surface area contributed by atoms with E-state index in [-0.39, 0.29) is 36.0 Å². The lowest BCUT2D eigenvalue weighted by atomic mass is 10.1. The Morgan fingerprint density at radius 2 is 1.86 bits per heavy atom. The second kappa shape index (κ2) is 8.85. The predicted octanol–water partition coefficient (Wildman–Crippen LogP) is 0.604. The Bertz CT molecular complexity index is 1110. The summed E-state index contributed by atoms with van der Waals surface area (Å²) in [5.74, 6) is -0.283. The van der Waals surface area contributed by atoms with E-state index in [2.05, 4.69) is 15.6 Å². The van der Waals surface area contributed by atoms with E-state index < -0.39 is 11.2 Å². The minimum absolute atomic E-state index is 0. The van der Waals surface area contributed by atoms with Crippen molar-refractivity contribution in [3.05, 3.63) is 57.0 Å². The number of hydrogen-bond acceptors (Lipinski definition) is 5. The highest BCUT2D eigenvalue weighted by atomic mass is 35.5. The Morgan fingerprint density at radius 3 is 2.57 bits per heavy atom.